The SMILES string of the molecule is CCc1cc2n(c1C(=O)c1cc(Cl)cs1)CCCCC2C(=O)O. The molecule has 1 aliphatic rings. The van der Waals surface area contributed by atoms with Crippen molar-refractivity contribution in [1.82, 2.24) is 4.57 Å². The number of hydrogen-bond donors (Lipinski definition) is 1. The molecule has 1 N–H and O–H groups in total. The number of aryl methyl sites for hydroxylation is 1. The Bertz CT molecular complexity index is 762. The lowest BCUT2D eigenvalue weighted by Crippen LogP contribution is -2.17. The number of carbonyl (C=O) groups is 2. The summed E-state index contributed by atoms with van der Waals surface area (Å²) in [4.78, 5) is 25.2. The number of fused-ring (bicyclic) bond motifs is 1. The summed E-state index contributed by atoms with van der Waals surface area (Å²) in [6.07, 6.45) is 3.08. The maximum absolute atomic E-state index is 12.9. The monoisotopic (exact) mass is 351 g/mol. The number of halogens is 1. The molecule has 2 aromatic rings. The van der Waals surface area contributed by atoms with Crippen molar-refractivity contribution in [2.75, 3.05) is 0 Å². The Hall–Kier alpha value is -1.59. The molecule has 0 saturated carbocycles. The van der Waals surface area contributed by atoms with Crippen LogP contribution in [0.5, 0.6) is 0 Å². The van der Waals surface area contributed by atoms with Gasteiger partial charge >= 0.3 is 5.97 Å². The van der Waals surface area contributed by atoms with E-state index in [9.17, 15) is 14.7 Å². The summed E-state index contributed by atoms with van der Waals surface area (Å²) >= 11 is 7.27. The van der Waals surface area contributed by atoms with Gasteiger partial charge in [0, 0.05) is 17.6 Å². The summed E-state index contributed by atoms with van der Waals surface area (Å²) in [5.74, 6) is -1.40. The average Bonchev–Trinajstić information content (AvgIpc) is 3.04. The minimum atomic E-state index is -0.813. The number of carbonyl (C=O) groups excluding carboxylic acids is 1. The maximum Gasteiger partial charge on any atom is 0.312 e. The van der Waals surface area contributed by atoms with E-state index in [-0.39, 0.29) is 5.78 Å². The van der Waals surface area contributed by atoms with Gasteiger partial charge in [0.05, 0.1) is 21.5 Å². The number of carboxylic acids is 1. The van der Waals surface area contributed by atoms with Crippen molar-refractivity contribution < 1.29 is 14.7 Å². The number of ketones is 1. The van der Waals surface area contributed by atoms with Crippen LogP contribution in [0.25, 0.3) is 0 Å². The Balaban J connectivity index is 2.13. The zero-order valence-corrected chi connectivity index (χ0v) is 14.4. The number of rotatable bonds is 4. The summed E-state index contributed by atoms with van der Waals surface area (Å²) in [7, 11) is 0. The molecule has 0 saturated heterocycles. The van der Waals surface area contributed by atoms with Gasteiger partial charge in [0.25, 0.3) is 0 Å². The van der Waals surface area contributed by atoms with Crippen LogP contribution in [-0.2, 0) is 17.8 Å². The molecule has 0 spiro atoms. The number of thiophene rings is 1. The highest BCUT2D eigenvalue weighted by molar-refractivity contribution is 7.12. The molecule has 6 heteroatoms. The summed E-state index contributed by atoms with van der Waals surface area (Å²) < 4.78 is 1.93. The molecule has 122 valence electrons. The van der Waals surface area contributed by atoms with E-state index in [0.29, 0.717) is 35.0 Å². The van der Waals surface area contributed by atoms with Crippen LogP contribution in [0, 0.1) is 0 Å². The van der Waals surface area contributed by atoms with Crippen LogP contribution < -0.4 is 0 Å². The molecule has 1 unspecified atom stereocenters. The van der Waals surface area contributed by atoms with Gasteiger partial charge in [-0.25, -0.2) is 0 Å². The average molecular weight is 352 g/mol. The minimum absolute atomic E-state index is 0.0592. The topological polar surface area (TPSA) is 59.3 Å². The second-order valence-corrected chi connectivity index (χ2v) is 7.14. The minimum Gasteiger partial charge on any atom is -0.481 e. The van der Waals surface area contributed by atoms with E-state index in [1.54, 1.807) is 11.4 Å². The number of carboxylic acid groups (broad SMARTS) is 1. The molecule has 3 heterocycles. The summed E-state index contributed by atoms with van der Waals surface area (Å²) in [6.45, 7) is 2.68. The molecule has 2 aromatic heterocycles. The van der Waals surface area contributed by atoms with E-state index in [4.69, 9.17) is 11.6 Å². The van der Waals surface area contributed by atoms with E-state index < -0.39 is 11.9 Å². The summed E-state index contributed by atoms with van der Waals surface area (Å²) in [6, 6.07) is 3.59. The Kier molecular flexibility index (Phi) is 4.60. The van der Waals surface area contributed by atoms with Crippen molar-refractivity contribution in [2.45, 2.75) is 45.1 Å². The van der Waals surface area contributed by atoms with Crippen molar-refractivity contribution in [1.29, 1.82) is 0 Å². The third kappa shape index (κ3) is 2.95. The molecular formula is C17H18ClNO3S. The molecule has 4 nitrogen and oxygen atoms in total. The molecule has 0 fully saturated rings. The highest BCUT2D eigenvalue weighted by Crippen LogP contribution is 2.33. The van der Waals surface area contributed by atoms with Gasteiger partial charge in [-0.2, -0.15) is 0 Å². The lowest BCUT2D eigenvalue weighted by Gasteiger charge is -2.13. The first kappa shape index (κ1) is 16.3. The Morgan fingerprint density at radius 3 is 2.78 bits per heavy atom. The lowest BCUT2D eigenvalue weighted by atomic mass is 9.99. The maximum atomic E-state index is 12.9. The molecule has 1 atom stereocenters. The van der Waals surface area contributed by atoms with Gasteiger partial charge in [-0.15, -0.1) is 11.3 Å². The summed E-state index contributed by atoms with van der Waals surface area (Å²) in [5.41, 5.74) is 2.31. The molecule has 0 bridgehead atoms. The fraction of sp³-hybridized carbons (Fsp3) is 0.412. The fourth-order valence-electron chi connectivity index (χ4n) is 3.26. The van der Waals surface area contributed by atoms with Crippen LogP contribution in [-0.4, -0.2) is 21.4 Å². The van der Waals surface area contributed by atoms with Crippen LogP contribution in [0.15, 0.2) is 17.5 Å². The van der Waals surface area contributed by atoms with Crippen molar-refractivity contribution in [3.63, 3.8) is 0 Å². The van der Waals surface area contributed by atoms with Gasteiger partial charge in [0.2, 0.25) is 5.78 Å². The van der Waals surface area contributed by atoms with Crippen LogP contribution >= 0.6 is 22.9 Å². The smallest absolute Gasteiger partial charge is 0.312 e. The number of nitrogens with zero attached hydrogens (tertiary/aromatic N) is 1. The second-order valence-electron chi connectivity index (χ2n) is 5.79. The fourth-order valence-corrected chi connectivity index (χ4v) is 4.27. The van der Waals surface area contributed by atoms with Crippen molar-refractivity contribution in [3.05, 3.63) is 44.4 Å². The van der Waals surface area contributed by atoms with Gasteiger partial charge in [-0.05, 0) is 37.0 Å². The third-order valence-electron chi connectivity index (χ3n) is 4.37. The standard InChI is InChI=1S/C17H18ClNO3S/c1-2-10-7-13-12(17(21)22)5-3-4-6-19(13)15(10)16(20)14-8-11(18)9-23-14/h7-9,12H,2-6H2,1H3,(H,21,22). The van der Waals surface area contributed by atoms with Crippen molar-refractivity contribution in [3.8, 4) is 0 Å². The molecule has 1 aliphatic heterocycles. The van der Waals surface area contributed by atoms with Crippen LogP contribution in [0.2, 0.25) is 5.02 Å². The molecule has 0 amide bonds. The quantitative estimate of drug-likeness (QED) is 0.833. The Labute approximate surface area is 143 Å². The van der Waals surface area contributed by atoms with E-state index in [2.05, 4.69) is 0 Å². The van der Waals surface area contributed by atoms with Crippen LogP contribution in [0.4, 0.5) is 0 Å². The normalized spacial score (nSPS) is 17.6. The first-order chi connectivity index (χ1) is 11.0. The van der Waals surface area contributed by atoms with Gasteiger partial charge in [-0.1, -0.05) is 24.9 Å². The van der Waals surface area contributed by atoms with Crippen LogP contribution in [0.1, 0.15) is 58.7 Å². The second kappa shape index (κ2) is 6.49. The third-order valence-corrected chi connectivity index (χ3v) is 5.65. The summed E-state index contributed by atoms with van der Waals surface area (Å²) in [5, 5.41) is 11.8. The zero-order valence-electron chi connectivity index (χ0n) is 12.8. The van der Waals surface area contributed by atoms with Gasteiger partial charge in [0.15, 0.2) is 0 Å². The van der Waals surface area contributed by atoms with E-state index >= 15 is 0 Å². The van der Waals surface area contributed by atoms with Gasteiger partial charge in [0.1, 0.15) is 0 Å². The van der Waals surface area contributed by atoms with Crippen molar-refractivity contribution >= 4 is 34.7 Å². The molecule has 0 radical (unpaired) electrons. The molecule has 0 aromatic carbocycles. The van der Waals surface area contributed by atoms with Crippen LogP contribution in [0.3, 0.4) is 0 Å². The van der Waals surface area contributed by atoms with E-state index in [1.807, 2.05) is 17.6 Å². The molecular weight excluding hydrogens is 334 g/mol. The largest absolute Gasteiger partial charge is 0.481 e. The Morgan fingerprint density at radius 1 is 1.39 bits per heavy atom. The first-order valence-corrected chi connectivity index (χ1v) is 9.02. The molecule has 0 aliphatic carbocycles. The molecule has 23 heavy (non-hydrogen) atoms. The van der Waals surface area contributed by atoms with Crippen molar-refractivity contribution in [2.24, 2.45) is 0 Å². The highest BCUT2D eigenvalue weighted by atomic mass is 35.5. The van der Waals surface area contributed by atoms with Gasteiger partial charge < -0.3 is 9.67 Å². The Morgan fingerprint density at radius 2 is 2.17 bits per heavy atom. The zero-order chi connectivity index (χ0) is 16.6. The highest BCUT2D eigenvalue weighted by Gasteiger charge is 2.30. The molecule has 3 rings (SSSR count). The predicted octanol–water partition coefficient (Wildman–Crippen LogP) is 4.35. The van der Waals surface area contributed by atoms with E-state index in [0.717, 1.165) is 24.1 Å². The lowest BCUT2D eigenvalue weighted by molar-refractivity contribution is -0.139. The van der Waals surface area contributed by atoms with E-state index in [1.165, 1.54) is 11.3 Å². The number of hydrogen-bond acceptors (Lipinski definition) is 3. The number of aliphatic carboxylic acids is 1. The predicted molar refractivity (Wildman–Crippen MR) is 90.8 cm³/mol. The number of aromatic nitrogens is 1. The van der Waals surface area contributed by atoms with Gasteiger partial charge in [-0.3, -0.25) is 9.59 Å². The first-order valence-electron chi connectivity index (χ1n) is 7.76.